The quantitative estimate of drug-likeness (QED) is 0.803. The van der Waals surface area contributed by atoms with Gasteiger partial charge in [0.1, 0.15) is 11.6 Å². The average Bonchev–Trinajstić information content (AvgIpc) is 2.57. The number of carbonyl (C=O) groups excluding carboxylic acids is 1. The van der Waals surface area contributed by atoms with Crippen LogP contribution in [-0.4, -0.2) is 22.1 Å². The monoisotopic (exact) mass is 220 g/mol. The number of oxazole rings is 1. The number of aryl methyl sites for hydroxylation is 1. The zero-order valence-electron chi connectivity index (χ0n) is 9.02. The topological polar surface area (TPSA) is 75.4 Å². The van der Waals surface area contributed by atoms with Crippen molar-refractivity contribution in [3.63, 3.8) is 0 Å². The van der Waals surface area contributed by atoms with Crippen LogP contribution in [0.2, 0.25) is 0 Å². The summed E-state index contributed by atoms with van der Waals surface area (Å²) >= 11 is 0. The number of nitrogens with zero attached hydrogens (tertiary/aromatic N) is 1. The van der Waals surface area contributed by atoms with Gasteiger partial charge >= 0.3 is 0 Å². The number of fused-ring (bicyclic) bond motifs is 1. The normalized spacial score (nSPS) is 12.7. The first-order valence-electron chi connectivity index (χ1n) is 4.92. The smallest absolute Gasteiger partial charge is 0.252 e. The van der Waals surface area contributed by atoms with Crippen molar-refractivity contribution in [1.82, 2.24) is 4.98 Å². The van der Waals surface area contributed by atoms with Gasteiger partial charge in [-0.2, -0.15) is 0 Å². The maximum Gasteiger partial charge on any atom is 0.252 e. The van der Waals surface area contributed by atoms with E-state index >= 15 is 0 Å². The van der Waals surface area contributed by atoms with Crippen LogP contribution in [0.25, 0.3) is 11.1 Å². The van der Waals surface area contributed by atoms with E-state index in [1.54, 1.807) is 25.1 Å². The number of amides is 1. The molecule has 1 unspecified atom stereocenters. The highest BCUT2D eigenvalue weighted by Crippen LogP contribution is 2.19. The molecule has 1 aromatic carbocycles. The zero-order chi connectivity index (χ0) is 11.7. The molecule has 0 aliphatic carbocycles. The van der Waals surface area contributed by atoms with Crippen LogP contribution in [-0.2, 0) is 4.79 Å². The Hall–Kier alpha value is -1.88. The number of aromatic nitrogens is 1. The summed E-state index contributed by atoms with van der Waals surface area (Å²) in [5.74, 6) is 0.129. The van der Waals surface area contributed by atoms with E-state index in [1.807, 2.05) is 0 Å². The van der Waals surface area contributed by atoms with Crippen LogP contribution in [0.5, 0.6) is 0 Å². The van der Waals surface area contributed by atoms with Gasteiger partial charge in [0.15, 0.2) is 11.5 Å². The van der Waals surface area contributed by atoms with Crippen molar-refractivity contribution in [2.45, 2.75) is 20.0 Å². The first kappa shape index (κ1) is 10.6. The molecular weight excluding hydrogens is 208 g/mol. The molecule has 1 aromatic heterocycles. The molecule has 2 aromatic rings. The Bertz CT molecular complexity index is 531. The summed E-state index contributed by atoms with van der Waals surface area (Å²) < 4.78 is 5.33. The van der Waals surface area contributed by atoms with Crippen molar-refractivity contribution in [3.05, 3.63) is 24.1 Å². The third-order valence-corrected chi connectivity index (χ3v) is 2.14. The lowest BCUT2D eigenvalue weighted by molar-refractivity contribution is -0.123. The zero-order valence-corrected chi connectivity index (χ0v) is 9.02. The summed E-state index contributed by atoms with van der Waals surface area (Å²) in [5, 5.41) is 11.6. The fourth-order valence-electron chi connectivity index (χ4n) is 1.36. The maximum absolute atomic E-state index is 11.2. The number of benzene rings is 1. The Kier molecular flexibility index (Phi) is 2.62. The summed E-state index contributed by atoms with van der Waals surface area (Å²) in [6.07, 6.45) is -1.04. The van der Waals surface area contributed by atoms with Gasteiger partial charge in [0.2, 0.25) is 0 Å². The maximum atomic E-state index is 11.2. The van der Waals surface area contributed by atoms with Crippen molar-refractivity contribution in [3.8, 4) is 0 Å². The fraction of sp³-hybridized carbons (Fsp3) is 0.273. The summed E-state index contributed by atoms with van der Waals surface area (Å²) in [7, 11) is 0. The highest BCUT2D eigenvalue weighted by molar-refractivity contribution is 5.95. The fourth-order valence-corrected chi connectivity index (χ4v) is 1.36. The molecule has 0 aliphatic rings. The molecule has 1 atom stereocenters. The second kappa shape index (κ2) is 3.94. The van der Waals surface area contributed by atoms with E-state index < -0.39 is 12.0 Å². The van der Waals surface area contributed by atoms with E-state index in [4.69, 9.17) is 9.52 Å². The van der Waals surface area contributed by atoms with Crippen LogP contribution in [0.3, 0.4) is 0 Å². The van der Waals surface area contributed by atoms with Gasteiger partial charge in [0.25, 0.3) is 5.91 Å². The van der Waals surface area contributed by atoms with Gasteiger partial charge in [-0.15, -0.1) is 0 Å². The molecule has 2 rings (SSSR count). The number of aliphatic hydroxyl groups excluding tert-OH is 1. The van der Waals surface area contributed by atoms with E-state index in [1.165, 1.54) is 6.92 Å². The molecule has 0 fully saturated rings. The van der Waals surface area contributed by atoms with Gasteiger partial charge in [-0.05, 0) is 19.1 Å². The van der Waals surface area contributed by atoms with E-state index in [2.05, 4.69) is 10.3 Å². The van der Waals surface area contributed by atoms with Crippen molar-refractivity contribution in [2.75, 3.05) is 5.32 Å². The molecule has 5 nitrogen and oxygen atoms in total. The Labute approximate surface area is 92.1 Å². The van der Waals surface area contributed by atoms with Crippen molar-refractivity contribution in [1.29, 1.82) is 0 Å². The first-order chi connectivity index (χ1) is 7.56. The lowest BCUT2D eigenvalue weighted by atomic mass is 10.2. The minimum atomic E-state index is -1.04. The number of hydrogen-bond acceptors (Lipinski definition) is 4. The third kappa shape index (κ3) is 2.04. The predicted molar refractivity (Wildman–Crippen MR) is 59.1 cm³/mol. The molecule has 1 amide bonds. The van der Waals surface area contributed by atoms with Crippen LogP contribution in [0.1, 0.15) is 12.8 Å². The Morgan fingerprint density at radius 1 is 1.56 bits per heavy atom. The van der Waals surface area contributed by atoms with Gasteiger partial charge in [0, 0.05) is 18.7 Å². The second-order valence-electron chi connectivity index (χ2n) is 3.58. The number of rotatable bonds is 2. The largest absolute Gasteiger partial charge is 0.441 e. The van der Waals surface area contributed by atoms with Gasteiger partial charge in [-0.3, -0.25) is 4.79 Å². The van der Waals surface area contributed by atoms with Crippen LogP contribution < -0.4 is 5.32 Å². The van der Waals surface area contributed by atoms with Crippen molar-refractivity contribution < 1.29 is 14.3 Å². The van der Waals surface area contributed by atoms with Crippen LogP contribution in [0.4, 0.5) is 5.69 Å². The molecule has 16 heavy (non-hydrogen) atoms. The SMILES string of the molecule is Cc1nc2ccc(NC(=O)C(C)O)cc2o1. The summed E-state index contributed by atoms with van der Waals surface area (Å²) in [6.45, 7) is 3.17. The molecule has 0 spiro atoms. The first-order valence-corrected chi connectivity index (χ1v) is 4.92. The third-order valence-electron chi connectivity index (χ3n) is 2.14. The minimum Gasteiger partial charge on any atom is -0.441 e. The number of aliphatic hydroxyl groups is 1. The molecule has 84 valence electrons. The van der Waals surface area contributed by atoms with E-state index in [0.29, 0.717) is 17.2 Å². The van der Waals surface area contributed by atoms with E-state index in [-0.39, 0.29) is 0 Å². The van der Waals surface area contributed by atoms with Crippen LogP contribution >= 0.6 is 0 Å². The predicted octanol–water partition coefficient (Wildman–Crippen LogP) is 1.46. The van der Waals surface area contributed by atoms with E-state index in [0.717, 1.165) is 5.52 Å². The molecule has 0 radical (unpaired) electrons. The minimum absolute atomic E-state index is 0.449. The number of hydrogen-bond donors (Lipinski definition) is 2. The highest BCUT2D eigenvalue weighted by atomic mass is 16.3. The van der Waals surface area contributed by atoms with Gasteiger partial charge in [0.05, 0.1) is 0 Å². The molecule has 0 aliphatic heterocycles. The van der Waals surface area contributed by atoms with Crippen molar-refractivity contribution in [2.24, 2.45) is 0 Å². The number of anilines is 1. The van der Waals surface area contributed by atoms with E-state index in [9.17, 15) is 4.79 Å². The molecule has 0 saturated carbocycles. The average molecular weight is 220 g/mol. The summed E-state index contributed by atoms with van der Waals surface area (Å²) in [5.41, 5.74) is 1.93. The van der Waals surface area contributed by atoms with Crippen LogP contribution in [0, 0.1) is 6.92 Å². The molecule has 2 N–H and O–H groups in total. The number of carbonyl (C=O) groups is 1. The molecule has 0 bridgehead atoms. The van der Waals surface area contributed by atoms with Crippen molar-refractivity contribution >= 4 is 22.7 Å². The molecular formula is C11H12N2O3. The Balaban J connectivity index is 2.29. The molecule has 0 saturated heterocycles. The highest BCUT2D eigenvalue weighted by Gasteiger charge is 2.10. The van der Waals surface area contributed by atoms with Gasteiger partial charge in [-0.25, -0.2) is 4.98 Å². The Morgan fingerprint density at radius 3 is 3.00 bits per heavy atom. The van der Waals surface area contributed by atoms with Crippen LogP contribution in [0.15, 0.2) is 22.6 Å². The molecule has 5 heteroatoms. The van der Waals surface area contributed by atoms with Gasteiger partial charge < -0.3 is 14.8 Å². The standard InChI is InChI=1S/C11H12N2O3/c1-6(14)11(15)13-8-3-4-9-10(5-8)16-7(2)12-9/h3-6,14H,1-2H3,(H,13,15). The summed E-state index contributed by atoms with van der Waals surface area (Å²) in [6, 6.07) is 5.14. The lowest BCUT2D eigenvalue weighted by Gasteiger charge is -2.06. The second-order valence-corrected chi connectivity index (χ2v) is 3.58. The number of nitrogens with one attached hydrogen (secondary N) is 1. The lowest BCUT2D eigenvalue weighted by Crippen LogP contribution is -2.24. The molecule has 1 heterocycles. The van der Waals surface area contributed by atoms with Gasteiger partial charge in [-0.1, -0.05) is 0 Å². The Morgan fingerprint density at radius 2 is 2.31 bits per heavy atom. The summed E-state index contributed by atoms with van der Waals surface area (Å²) in [4.78, 5) is 15.4.